The Bertz CT molecular complexity index is 436. The van der Waals surface area contributed by atoms with Crippen molar-refractivity contribution in [2.45, 2.75) is 13.0 Å². The summed E-state index contributed by atoms with van der Waals surface area (Å²) in [4.78, 5) is 13.4. The van der Waals surface area contributed by atoms with E-state index in [0.29, 0.717) is 32.7 Å². The van der Waals surface area contributed by atoms with Gasteiger partial charge in [0.1, 0.15) is 0 Å². The first-order chi connectivity index (χ1) is 8.79. The normalized spacial score (nSPS) is 18.9. The second-order valence-corrected chi connectivity index (χ2v) is 4.45. The third-order valence-electron chi connectivity index (χ3n) is 3.07. The molecule has 1 aromatic rings. The van der Waals surface area contributed by atoms with Gasteiger partial charge in [-0.05, 0) is 5.56 Å². The Hall–Kier alpha value is -1.79. The number of amides is 1. The van der Waals surface area contributed by atoms with Crippen molar-refractivity contribution in [1.82, 2.24) is 4.90 Å². The van der Waals surface area contributed by atoms with Crippen LogP contribution in [0.4, 0.5) is 0 Å². The van der Waals surface area contributed by atoms with Crippen LogP contribution in [0.1, 0.15) is 12.0 Å². The lowest BCUT2D eigenvalue weighted by Crippen LogP contribution is -2.29. The molecule has 1 aromatic carbocycles. The largest absolute Gasteiger partial charge is 0.375 e. The van der Waals surface area contributed by atoms with E-state index in [1.807, 2.05) is 30.3 Å². The van der Waals surface area contributed by atoms with E-state index in [4.69, 9.17) is 11.2 Å². The quantitative estimate of drug-likeness (QED) is 0.582. The number of terminal acetylenes is 1. The average Bonchev–Trinajstić information content (AvgIpc) is 2.77. The highest BCUT2D eigenvalue weighted by Crippen LogP contribution is 2.16. The Morgan fingerprint density at radius 1 is 1.39 bits per heavy atom. The number of nitrogens with zero attached hydrogens (tertiary/aromatic N) is 1. The zero-order valence-electron chi connectivity index (χ0n) is 10.3. The number of likely N-dealkylation sites (tertiary alicyclic amines) is 1. The van der Waals surface area contributed by atoms with Crippen LogP contribution in [0.25, 0.3) is 0 Å². The van der Waals surface area contributed by atoms with Gasteiger partial charge in [0.15, 0.2) is 0 Å². The van der Waals surface area contributed by atoms with Crippen molar-refractivity contribution in [2.75, 3.05) is 19.7 Å². The summed E-state index contributed by atoms with van der Waals surface area (Å²) in [5.74, 6) is 2.85. The Kier molecular flexibility index (Phi) is 4.38. The molecule has 0 aliphatic carbocycles. The SMILES string of the molecule is C#CC1CC(=O)N(CCOCc2ccccc2)C1. The maximum atomic E-state index is 11.6. The van der Waals surface area contributed by atoms with Crippen LogP contribution in [-0.4, -0.2) is 30.5 Å². The fraction of sp³-hybridized carbons (Fsp3) is 0.400. The van der Waals surface area contributed by atoms with E-state index < -0.39 is 0 Å². The Morgan fingerprint density at radius 3 is 2.83 bits per heavy atom. The molecule has 0 bridgehead atoms. The molecule has 0 aromatic heterocycles. The van der Waals surface area contributed by atoms with Gasteiger partial charge >= 0.3 is 0 Å². The van der Waals surface area contributed by atoms with Crippen molar-refractivity contribution in [1.29, 1.82) is 0 Å². The van der Waals surface area contributed by atoms with Crippen molar-refractivity contribution in [3.8, 4) is 12.3 Å². The molecule has 0 N–H and O–H groups in total. The maximum absolute atomic E-state index is 11.6. The van der Waals surface area contributed by atoms with Gasteiger partial charge in [0.25, 0.3) is 0 Å². The minimum Gasteiger partial charge on any atom is -0.375 e. The number of carbonyl (C=O) groups is 1. The average molecular weight is 243 g/mol. The lowest BCUT2D eigenvalue weighted by molar-refractivity contribution is -0.128. The van der Waals surface area contributed by atoms with Gasteiger partial charge in [-0.1, -0.05) is 30.3 Å². The van der Waals surface area contributed by atoms with E-state index in [2.05, 4.69) is 5.92 Å². The Morgan fingerprint density at radius 2 is 2.17 bits per heavy atom. The van der Waals surface area contributed by atoms with E-state index in [-0.39, 0.29) is 11.8 Å². The highest BCUT2D eigenvalue weighted by Gasteiger charge is 2.27. The van der Waals surface area contributed by atoms with Crippen LogP contribution in [0.15, 0.2) is 30.3 Å². The summed E-state index contributed by atoms with van der Waals surface area (Å²) in [6.45, 7) is 2.44. The van der Waals surface area contributed by atoms with Crippen molar-refractivity contribution in [3.05, 3.63) is 35.9 Å². The molecule has 0 saturated carbocycles. The number of rotatable bonds is 5. The number of hydrogen-bond donors (Lipinski definition) is 0. The van der Waals surface area contributed by atoms with Crippen LogP contribution in [0.5, 0.6) is 0 Å². The standard InChI is InChI=1S/C15H17NO2/c1-2-13-10-15(17)16(11-13)8-9-18-12-14-6-4-3-5-7-14/h1,3-7,13H,8-12H2. The van der Waals surface area contributed by atoms with Crippen molar-refractivity contribution in [3.63, 3.8) is 0 Å². The molecule has 18 heavy (non-hydrogen) atoms. The summed E-state index contributed by atoms with van der Waals surface area (Å²) in [7, 11) is 0. The predicted molar refractivity (Wildman–Crippen MR) is 69.6 cm³/mol. The molecule has 1 atom stereocenters. The van der Waals surface area contributed by atoms with Gasteiger partial charge in [-0.2, -0.15) is 0 Å². The molecular weight excluding hydrogens is 226 g/mol. The van der Waals surface area contributed by atoms with Gasteiger partial charge in [0.2, 0.25) is 5.91 Å². The van der Waals surface area contributed by atoms with Gasteiger partial charge in [0.05, 0.1) is 13.2 Å². The lowest BCUT2D eigenvalue weighted by atomic mass is 10.1. The van der Waals surface area contributed by atoms with E-state index in [1.54, 1.807) is 4.90 Å². The molecule has 3 nitrogen and oxygen atoms in total. The zero-order valence-corrected chi connectivity index (χ0v) is 10.3. The zero-order chi connectivity index (χ0) is 12.8. The minimum absolute atomic E-state index is 0.0756. The topological polar surface area (TPSA) is 29.5 Å². The van der Waals surface area contributed by atoms with E-state index in [1.165, 1.54) is 0 Å². The molecule has 1 aliphatic rings. The summed E-state index contributed by atoms with van der Waals surface area (Å²) < 4.78 is 5.55. The van der Waals surface area contributed by atoms with Gasteiger partial charge in [-0.3, -0.25) is 4.79 Å². The Balaban J connectivity index is 1.67. The molecule has 1 amide bonds. The van der Waals surface area contributed by atoms with Gasteiger partial charge in [-0.15, -0.1) is 12.3 Å². The summed E-state index contributed by atoms with van der Waals surface area (Å²) in [5.41, 5.74) is 1.15. The smallest absolute Gasteiger partial charge is 0.224 e. The molecule has 0 spiro atoms. The van der Waals surface area contributed by atoms with E-state index in [9.17, 15) is 4.79 Å². The molecule has 1 saturated heterocycles. The third kappa shape index (κ3) is 3.35. The van der Waals surface area contributed by atoms with Crippen molar-refractivity contribution < 1.29 is 9.53 Å². The number of ether oxygens (including phenoxy) is 1. The molecule has 2 rings (SSSR count). The second kappa shape index (κ2) is 6.23. The Labute approximate surface area is 108 Å². The number of hydrogen-bond acceptors (Lipinski definition) is 2. The van der Waals surface area contributed by atoms with Crippen LogP contribution in [0, 0.1) is 18.3 Å². The number of benzene rings is 1. The van der Waals surface area contributed by atoms with E-state index >= 15 is 0 Å². The first kappa shape index (κ1) is 12.7. The second-order valence-electron chi connectivity index (χ2n) is 4.45. The highest BCUT2D eigenvalue weighted by atomic mass is 16.5. The first-order valence-electron chi connectivity index (χ1n) is 6.15. The van der Waals surface area contributed by atoms with Gasteiger partial charge in [0, 0.05) is 25.4 Å². The molecule has 1 heterocycles. The molecule has 94 valence electrons. The first-order valence-corrected chi connectivity index (χ1v) is 6.15. The molecular formula is C15H17NO2. The van der Waals surface area contributed by atoms with Crippen LogP contribution in [-0.2, 0) is 16.1 Å². The van der Waals surface area contributed by atoms with Crippen LogP contribution in [0.3, 0.4) is 0 Å². The summed E-state index contributed by atoms with van der Waals surface area (Å²) in [6.07, 6.45) is 5.81. The molecule has 1 aliphatic heterocycles. The van der Waals surface area contributed by atoms with Gasteiger partial charge < -0.3 is 9.64 Å². The van der Waals surface area contributed by atoms with E-state index in [0.717, 1.165) is 5.56 Å². The maximum Gasteiger partial charge on any atom is 0.224 e. The molecule has 1 fully saturated rings. The van der Waals surface area contributed by atoms with Crippen LogP contribution < -0.4 is 0 Å². The molecule has 0 radical (unpaired) electrons. The number of carbonyl (C=O) groups excluding carboxylic acids is 1. The van der Waals surface area contributed by atoms with Crippen LogP contribution >= 0.6 is 0 Å². The lowest BCUT2D eigenvalue weighted by Gasteiger charge is -2.15. The summed E-state index contributed by atoms with van der Waals surface area (Å²) in [6, 6.07) is 10.00. The van der Waals surface area contributed by atoms with Crippen LogP contribution in [0.2, 0.25) is 0 Å². The molecule has 3 heteroatoms. The minimum atomic E-state index is 0.0756. The fourth-order valence-electron chi connectivity index (χ4n) is 2.04. The van der Waals surface area contributed by atoms with Gasteiger partial charge in [-0.25, -0.2) is 0 Å². The van der Waals surface area contributed by atoms with Crippen molar-refractivity contribution >= 4 is 5.91 Å². The predicted octanol–water partition coefficient (Wildman–Crippen LogP) is 1.68. The summed E-state index contributed by atoms with van der Waals surface area (Å²) >= 11 is 0. The molecule has 1 unspecified atom stereocenters. The highest BCUT2D eigenvalue weighted by molar-refractivity contribution is 5.79. The third-order valence-corrected chi connectivity index (χ3v) is 3.07. The monoisotopic (exact) mass is 243 g/mol. The summed E-state index contributed by atoms with van der Waals surface area (Å²) in [5, 5.41) is 0. The van der Waals surface area contributed by atoms with Crippen molar-refractivity contribution in [2.24, 2.45) is 5.92 Å². The fourth-order valence-corrected chi connectivity index (χ4v) is 2.04.